The van der Waals surface area contributed by atoms with Gasteiger partial charge in [-0.2, -0.15) is 5.26 Å². The minimum atomic E-state index is -0.363. The Labute approximate surface area is 174 Å². The molecule has 1 N–H and O–H groups in total. The van der Waals surface area contributed by atoms with E-state index in [0.29, 0.717) is 21.5 Å². The Hall–Kier alpha value is -2.60. The van der Waals surface area contributed by atoms with Crippen LogP contribution in [-0.4, -0.2) is 21.2 Å². The van der Waals surface area contributed by atoms with Crippen LogP contribution in [0.2, 0.25) is 5.02 Å². The van der Waals surface area contributed by atoms with Crippen LogP contribution in [0.1, 0.15) is 21.6 Å². The monoisotopic (exact) mass is 430 g/mol. The number of pyridine rings is 1. The van der Waals surface area contributed by atoms with E-state index in [1.807, 2.05) is 25.1 Å². The molecule has 0 fully saturated rings. The van der Waals surface area contributed by atoms with E-state index in [9.17, 15) is 9.59 Å². The van der Waals surface area contributed by atoms with Crippen LogP contribution >= 0.6 is 34.7 Å². The molecule has 142 valence electrons. The van der Waals surface area contributed by atoms with Crippen LogP contribution in [0, 0.1) is 18.3 Å². The number of nitriles is 1. The summed E-state index contributed by atoms with van der Waals surface area (Å²) in [6.07, 6.45) is 1.51. The number of nitrogens with one attached hydrogen (secondary N) is 1. The topological polar surface area (TPSA) is 87.8 Å². The normalized spacial score (nSPS) is 10.5. The highest BCUT2D eigenvalue weighted by Gasteiger charge is 2.13. The summed E-state index contributed by atoms with van der Waals surface area (Å²) in [6.45, 7) is 2.10. The van der Waals surface area contributed by atoms with Gasteiger partial charge in [-0.25, -0.2) is 4.98 Å². The van der Waals surface area contributed by atoms with Gasteiger partial charge in [0, 0.05) is 17.3 Å². The molecule has 0 aliphatic heterocycles. The molecule has 2 heterocycles. The molecule has 1 aromatic carbocycles. The van der Waals surface area contributed by atoms with E-state index in [4.69, 9.17) is 16.9 Å². The van der Waals surface area contributed by atoms with E-state index in [1.165, 1.54) is 46.0 Å². The van der Waals surface area contributed by atoms with Crippen molar-refractivity contribution < 1.29 is 4.79 Å². The highest BCUT2D eigenvalue weighted by atomic mass is 35.5. The summed E-state index contributed by atoms with van der Waals surface area (Å²) in [5.41, 5.74) is 1.67. The molecule has 6 nitrogen and oxygen atoms in total. The maximum atomic E-state index is 12.6. The molecule has 3 rings (SSSR count). The smallest absolute Gasteiger partial charge is 0.258 e. The number of anilines is 1. The molecule has 1 amide bonds. The van der Waals surface area contributed by atoms with E-state index in [2.05, 4.69) is 16.4 Å². The second-order valence-corrected chi connectivity index (χ2v) is 8.42. The lowest BCUT2D eigenvalue weighted by molar-refractivity contribution is 0.102. The summed E-state index contributed by atoms with van der Waals surface area (Å²) in [5.74, 6) is -0.0397. The summed E-state index contributed by atoms with van der Waals surface area (Å²) in [7, 11) is 0. The third-order valence-corrected chi connectivity index (χ3v) is 6.46. The second kappa shape index (κ2) is 9.06. The Balaban J connectivity index is 1.78. The van der Waals surface area contributed by atoms with E-state index in [1.54, 1.807) is 6.07 Å². The van der Waals surface area contributed by atoms with E-state index >= 15 is 0 Å². The summed E-state index contributed by atoms with van der Waals surface area (Å²) in [5, 5.41) is 12.5. The molecule has 9 heteroatoms. The number of carbonyl (C=O) groups is 1. The molecule has 0 spiro atoms. The van der Waals surface area contributed by atoms with Crippen molar-refractivity contribution in [2.24, 2.45) is 0 Å². The molecule has 0 bridgehead atoms. The molecule has 0 atom stereocenters. The molecule has 0 aliphatic rings. The molecular formula is C19H15ClN4O2S2. The zero-order valence-corrected chi connectivity index (χ0v) is 17.2. The average molecular weight is 431 g/mol. The standard InChI is InChI=1S/C19H15ClN4O2S2/c1-12-18(27-9-8-21)28-19(22-12)23-17(26)14-6-7-16(25)24(11-14)10-13-4-2-3-5-15(13)20/h2-7,11H,9-10H2,1H3,(H,22,23,26). The first-order valence-electron chi connectivity index (χ1n) is 8.20. The maximum absolute atomic E-state index is 12.6. The Bertz CT molecular complexity index is 1120. The molecule has 28 heavy (non-hydrogen) atoms. The van der Waals surface area contributed by atoms with Crippen LogP contribution in [0.5, 0.6) is 0 Å². The Morgan fingerprint density at radius 2 is 2.14 bits per heavy atom. The van der Waals surface area contributed by atoms with Gasteiger partial charge in [-0.3, -0.25) is 14.9 Å². The summed E-state index contributed by atoms with van der Waals surface area (Å²) in [4.78, 5) is 29.1. The van der Waals surface area contributed by atoms with Gasteiger partial charge in [-0.1, -0.05) is 52.9 Å². The number of benzene rings is 1. The van der Waals surface area contributed by atoms with E-state index in [-0.39, 0.29) is 18.0 Å². The van der Waals surface area contributed by atoms with Crippen LogP contribution < -0.4 is 10.9 Å². The molecule has 3 aromatic rings. The van der Waals surface area contributed by atoms with Gasteiger partial charge < -0.3 is 4.57 Å². The quantitative estimate of drug-likeness (QED) is 0.592. The number of aryl methyl sites for hydroxylation is 1. The van der Waals surface area contributed by atoms with Crippen LogP contribution in [0.15, 0.2) is 51.6 Å². The van der Waals surface area contributed by atoms with Gasteiger partial charge in [-0.05, 0) is 24.6 Å². The Morgan fingerprint density at radius 3 is 2.89 bits per heavy atom. The average Bonchev–Trinajstić information content (AvgIpc) is 3.02. The van der Waals surface area contributed by atoms with Crippen LogP contribution in [-0.2, 0) is 6.54 Å². The number of thiazole rings is 1. The van der Waals surface area contributed by atoms with Crippen molar-refractivity contribution in [2.45, 2.75) is 17.7 Å². The minimum absolute atomic E-state index is 0.225. The number of hydrogen-bond donors (Lipinski definition) is 1. The van der Waals surface area contributed by atoms with Gasteiger partial charge in [0.15, 0.2) is 5.13 Å². The summed E-state index contributed by atoms with van der Waals surface area (Å²) >= 11 is 8.87. The lowest BCUT2D eigenvalue weighted by Crippen LogP contribution is -2.22. The molecule has 0 saturated heterocycles. The third kappa shape index (κ3) is 4.81. The van der Waals surface area contributed by atoms with Gasteiger partial charge in [0.05, 0.1) is 33.8 Å². The number of hydrogen-bond acceptors (Lipinski definition) is 6. The molecule has 2 aromatic heterocycles. The van der Waals surface area contributed by atoms with Gasteiger partial charge in [0.1, 0.15) is 0 Å². The summed E-state index contributed by atoms with van der Waals surface area (Å²) in [6, 6.07) is 12.1. The molecule has 0 unspecified atom stereocenters. The van der Waals surface area contributed by atoms with Gasteiger partial charge in [0.25, 0.3) is 11.5 Å². The lowest BCUT2D eigenvalue weighted by Gasteiger charge is -2.09. The number of amides is 1. The number of aromatic nitrogens is 2. The number of carbonyl (C=O) groups excluding carboxylic acids is 1. The molecular weight excluding hydrogens is 416 g/mol. The number of thioether (sulfide) groups is 1. The highest BCUT2D eigenvalue weighted by Crippen LogP contribution is 2.31. The van der Waals surface area contributed by atoms with Crippen LogP contribution in [0.3, 0.4) is 0 Å². The highest BCUT2D eigenvalue weighted by molar-refractivity contribution is 8.01. The van der Waals surface area contributed by atoms with Gasteiger partial charge in [0.2, 0.25) is 0 Å². The first-order valence-corrected chi connectivity index (χ1v) is 10.4. The zero-order valence-electron chi connectivity index (χ0n) is 14.8. The lowest BCUT2D eigenvalue weighted by atomic mass is 10.2. The molecule has 0 aliphatic carbocycles. The molecule has 0 radical (unpaired) electrons. The predicted molar refractivity (Wildman–Crippen MR) is 112 cm³/mol. The number of rotatable bonds is 6. The Kier molecular flexibility index (Phi) is 6.52. The first kappa shape index (κ1) is 20.1. The fourth-order valence-electron chi connectivity index (χ4n) is 2.44. The van der Waals surface area contributed by atoms with Crippen LogP contribution in [0.4, 0.5) is 5.13 Å². The molecule has 0 saturated carbocycles. The van der Waals surface area contributed by atoms with Crippen molar-refractivity contribution in [2.75, 3.05) is 11.1 Å². The SMILES string of the molecule is Cc1nc(NC(=O)c2ccc(=O)n(Cc3ccccc3Cl)c2)sc1SCC#N. The van der Waals surface area contributed by atoms with Crippen molar-refractivity contribution in [3.63, 3.8) is 0 Å². The minimum Gasteiger partial charge on any atom is -0.310 e. The van der Waals surface area contributed by atoms with E-state index < -0.39 is 0 Å². The second-order valence-electron chi connectivity index (χ2n) is 5.77. The van der Waals surface area contributed by atoms with Crippen molar-refractivity contribution >= 4 is 45.7 Å². The number of halogens is 1. The maximum Gasteiger partial charge on any atom is 0.258 e. The van der Waals surface area contributed by atoms with Crippen molar-refractivity contribution in [3.05, 3.63) is 74.8 Å². The Morgan fingerprint density at radius 1 is 1.36 bits per heavy atom. The van der Waals surface area contributed by atoms with Gasteiger partial charge in [-0.15, -0.1) is 0 Å². The van der Waals surface area contributed by atoms with Crippen molar-refractivity contribution in [1.29, 1.82) is 5.26 Å². The largest absolute Gasteiger partial charge is 0.310 e. The van der Waals surface area contributed by atoms with E-state index in [0.717, 1.165) is 15.5 Å². The van der Waals surface area contributed by atoms with Gasteiger partial charge >= 0.3 is 0 Å². The number of nitrogens with zero attached hydrogens (tertiary/aromatic N) is 3. The van der Waals surface area contributed by atoms with Crippen molar-refractivity contribution in [3.8, 4) is 6.07 Å². The third-order valence-electron chi connectivity index (χ3n) is 3.79. The van der Waals surface area contributed by atoms with Crippen molar-refractivity contribution in [1.82, 2.24) is 9.55 Å². The fourth-order valence-corrected chi connectivity index (χ4v) is 4.43. The summed E-state index contributed by atoms with van der Waals surface area (Å²) < 4.78 is 2.33. The van der Waals surface area contributed by atoms with Crippen LogP contribution in [0.25, 0.3) is 0 Å². The fraction of sp³-hybridized carbons (Fsp3) is 0.158. The zero-order chi connectivity index (χ0) is 20.1. The predicted octanol–water partition coefficient (Wildman–Crippen LogP) is 4.18. The first-order chi connectivity index (χ1) is 13.5.